The van der Waals surface area contributed by atoms with Gasteiger partial charge in [-0.2, -0.15) is 0 Å². The highest BCUT2D eigenvalue weighted by Crippen LogP contribution is 2.32. The molecule has 0 amide bonds. The van der Waals surface area contributed by atoms with Gasteiger partial charge in [0.15, 0.2) is 0 Å². The minimum Gasteiger partial charge on any atom is -0.255 e. The van der Waals surface area contributed by atoms with Crippen LogP contribution < -0.4 is 0 Å². The van der Waals surface area contributed by atoms with Crippen molar-refractivity contribution in [2.75, 3.05) is 0 Å². The topological polar surface area (TPSA) is 25.8 Å². The number of aryl methyl sites for hydroxylation is 1. The van der Waals surface area contributed by atoms with Crippen LogP contribution in [-0.4, -0.2) is 9.97 Å². The van der Waals surface area contributed by atoms with Crippen molar-refractivity contribution in [2.45, 2.75) is 156 Å². The maximum Gasteiger partial charge on any atom is 0.0924 e. The zero-order valence-corrected chi connectivity index (χ0v) is 24.3. The van der Waals surface area contributed by atoms with Crippen LogP contribution in [0.25, 0.3) is 11.4 Å². The van der Waals surface area contributed by atoms with Gasteiger partial charge >= 0.3 is 0 Å². The summed E-state index contributed by atoms with van der Waals surface area (Å²) in [5, 5.41) is 0. The van der Waals surface area contributed by atoms with Gasteiger partial charge in [0.25, 0.3) is 0 Å². The van der Waals surface area contributed by atoms with Crippen molar-refractivity contribution in [2.24, 2.45) is 0 Å². The average Bonchev–Trinajstić information content (AvgIpc) is 2.91. The second-order valence-electron chi connectivity index (χ2n) is 10.8. The number of pyridine rings is 2. The van der Waals surface area contributed by atoms with Crippen LogP contribution in [0.1, 0.15) is 153 Å². The molecule has 2 aromatic rings. The predicted molar refractivity (Wildman–Crippen MR) is 159 cm³/mol. The third-order valence-electron chi connectivity index (χ3n) is 7.63. The Balaban J connectivity index is 2.53. The molecule has 36 heavy (non-hydrogen) atoms. The lowest BCUT2D eigenvalue weighted by atomic mass is 9.86. The van der Waals surface area contributed by atoms with E-state index in [-0.39, 0.29) is 0 Å². The molecule has 0 aliphatic carbocycles. The molecule has 0 N–H and O–H groups in total. The first-order chi connectivity index (χ1) is 17.8. The highest BCUT2D eigenvalue weighted by atomic mass is 14.8. The van der Waals surface area contributed by atoms with E-state index in [1.165, 1.54) is 133 Å². The molecule has 2 aromatic heterocycles. The smallest absolute Gasteiger partial charge is 0.0924 e. The van der Waals surface area contributed by atoms with Crippen LogP contribution in [0, 0.1) is 0 Å². The molecule has 0 aliphatic heterocycles. The number of aromatic nitrogens is 2. The molecule has 0 spiro atoms. The van der Waals surface area contributed by atoms with Gasteiger partial charge in [-0.05, 0) is 80.2 Å². The summed E-state index contributed by atoms with van der Waals surface area (Å²) in [5.41, 5.74) is 8.49. The van der Waals surface area contributed by atoms with Crippen molar-refractivity contribution in [1.29, 1.82) is 0 Å². The molecule has 0 saturated carbocycles. The standard InChI is InChI=1S/C34H56N2/c1-5-9-13-17-23-29-30(24-18-14-10-6-2)32(26-20-16-12-8-4)36-34(33-27-21-22-28-35-33)31(29)25-19-15-11-7-3/h21-22,27-28H,5-20,23-26H2,1-4H3. The summed E-state index contributed by atoms with van der Waals surface area (Å²) < 4.78 is 0. The van der Waals surface area contributed by atoms with Gasteiger partial charge in [0, 0.05) is 11.9 Å². The lowest BCUT2D eigenvalue weighted by Gasteiger charge is -2.22. The molecule has 2 heteroatoms. The van der Waals surface area contributed by atoms with Crippen LogP contribution in [0.15, 0.2) is 24.4 Å². The quantitative estimate of drug-likeness (QED) is 0.162. The van der Waals surface area contributed by atoms with E-state index in [1.54, 1.807) is 11.1 Å². The molecule has 0 fully saturated rings. The summed E-state index contributed by atoms with van der Waals surface area (Å²) in [6, 6.07) is 6.34. The maximum absolute atomic E-state index is 5.48. The van der Waals surface area contributed by atoms with Crippen LogP contribution in [0.3, 0.4) is 0 Å². The normalized spacial score (nSPS) is 11.3. The number of hydrogen-bond donors (Lipinski definition) is 0. The Morgan fingerprint density at radius 1 is 0.500 bits per heavy atom. The van der Waals surface area contributed by atoms with Crippen LogP contribution in [-0.2, 0) is 25.7 Å². The van der Waals surface area contributed by atoms with E-state index in [4.69, 9.17) is 9.97 Å². The minimum atomic E-state index is 1.07. The zero-order chi connectivity index (χ0) is 25.8. The van der Waals surface area contributed by atoms with Gasteiger partial charge in [0.1, 0.15) is 0 Å². The van der Waals surface area contributed by atoms with E-state index < -0.39 is 0 Å². The van der Waals surface area contributed by atoms with E-state index in [1.807, 2.05) is 12.3 Å². The number of rotatable bonds is 21. The minimum absolute atomic E-state index is 1.07. The van der Waals surface area contributed by atoms with Crippen LogP contribution in [0.5, 0.6) is 0 Å². The van der Waals surface area contributed by atoms with Crippen molar-refractivity contribution in [1.82, 2.24) is 9.97 Å². The maximum atomic E-state index is 5.48. The van der Waals surface area contributed by atoms with Gasteiger partial charge in [-0.15, -0.1) is 0 Å². The third-order valence-corrected chi connectivity index (χ3v) is 7.63. The molecule has 2 rings (SSSR count). The number of hydrogen-bond acceptors (Lipinski definition) is 2. The Hall–Kier alpha value is -1.70. The monoisotopic (exact) mass is 492 g/mol. The fourth-order valence-corrected chi connectivity index (χ4v) is 5.46. The Bertz CT molecular complexity index is 812. The highest BCUT2D eigenvalue weighted by molar-refractivity contribution is 5.63. The molecule has 0 aromatic carbocycles. The first-order valence-electron chi connectivity index (χ1n) is 15.7. The van der Waals surface area contributed by atoms with E-state index in [0.717, 1.165) is 18.5 Å². The molecular formula is C34H56N2. The van der Waals surface area contributed by atoms with Crippen molar-refractivity contribution in [3.05, 3.63) is 46.8 Å². The lowest BCUT2D eigenvalue weighted by Crippen LogP contribution is -2.12. The van der Waals surface area contributed by atoms with Gasteiger partial charge in [0.2, 0.25) is 0 Å². The molecule has 0 saturated heterocycles. The zero-order valence-electron chi connectivity index (χ0n) is 24.3. The second-order valence-corrected chi connectivity index (χ2v) is 10.8. The van der Waals surface area contributed by atoms with Gasteiger partial charge in [-0.1, -0.05) is 111 Å². The fraction of sp³-hybridized carbons (Fsp3) is 0.706. The molecule has 2 heterocycles. The summed E-state index contributed by atoms with van der Waals surface area (Å²) in [6.45, 7) is 9.24. The summed E-state index contributed by atoms with van der Waals surface area (Å²) in [7, 11) is 0. The number of unbranched alkanes of at least 4 members (excludes halogenated alkanes) is 12. The average molecular weight is 493 g/mol. The van der Waals surface area contributed by atoms with E-state index >= 15 is 0 Å². The second kappa shape index (κ2) is 19.4. The first-order valence-corrected chi connectivity index (χ1v) is 15.7. The largest absolute Gasteiger partial charge is 0.255 e. The highest BCUT2D eigenvalue weighted by Gasteiger charge is 2.20. The van der Waals surface area contributed by atoms with Crippen LogP contribution >= 0.6 is 0 Å². The van der Waals surface area contributed by atoms with Crippen molar-refractivity contribution >= 4 is 0 Å². The lowest BCUT2D eigenvalue weighted by molar-refractivity contribution is 0.625. The molecule has 202 valence electrons. The SMILES string of the molecule is CCCCCCc1nc(-c2ccccn2)c(CCCCCC)c(CCCCCC)c1CCCCCC. The molecule has 0 bridgehead atoms. The van der Waals surface area contributed by atoms with Crippen molar-refractivity contribution < 1.29 is 0 Å². The van der Waals surface area contributed by atoms with Crippen molar-refractivity contribution in [3.63, 3.8) is 0 Å². The summed E-state index contributed by atoms with van der Waals surface area (Å²) >= 11 is 0. The van der Waals surface area contributed by atoms with Crippen LogP contribution in [0.2, 0.25) is 0 Å². The van der Waals surface area contributed by atoms with Gasteiger partial charge in [-0.3, -0.25) is 9.97 Å². The van der Waals surface area contributed by atoms with Crippen molar-refractivity contribution in [3.8, 4) is 11.4 Å². The molecule has 0 radical (unpaired) electrons. The van der Waals surface area contributed by atoms with Gasteiger partial charge < -0.3 is 0 Å². The Labute approximate surface area is 224 Å². The molecule has 0 atom stereocenters. The van der Waals surface area contributed by atoms with Crippen LogP contribution in [0.4, 0.5) is 0 Å². The fourth-order valence-electron chi connectivity index (χ4n) is 5.46. The van der Waals surface area contributed by atoms with E-state index in [9.17, 15) is 0 Å². The van der Waals surface area contributed by atoms with E-state index in [0.29, 0.717) is 0 Å². The summed E-state index contributed by atoms with van der Waals surface area (Å²) in [6.07, 6.45) is 27.6. The Kier molecular flexibility index (Phi) is 16.5. The Morgan fingerprint density at radius 2 is 1.00 bits per heavy atom. The number of nitrogens with zero attached hydrogens (tertiary/aromatic N) is 2. The summed E-state index contributed by atoms with van der Waals surface area (Å²) in [5.74, 6) is 0. The molecular weight excluding hydrogens is 436 g/mol. The summed E-state index contributed by atoms with van der Waals surface area (Å²) in [4.78, 5) is 10.3. The molecule has 0 aliphatic rings. The van der Waals surface area contributed by atoms with Gasteiger partial charge in [-0.25, -0.2) is 0 Å². The van der Waals surface area contributed by atoms with E-state index in [2.05, 4.69) is 39.8 Å². The third kappa shape index (κ3) is 10.7. The van der Waals surface area contributed by atoms with Gasteiger partial charge in [0.05, 0.1) is 11.4 Å². The Morgan fingerprint density at radius 3 is 1.50 bits per heavy atom. The predicted octanol–water partition coefficient (Wildman–Crippen LogP) is 10.6. The molecule has 2 nitrogen and oxygen atoms in total. The first kappa shape index (κ1) is 30.5. The molecule has 0 unspecified atom stereocenters.